The maximum absolute atomic E-state index is 12.5. The van der Waals surface area contributed by atoms with E-state index in [1.165, 1.54) is 38.5 Å². The SMILES string of the molecule is CCCCCCCCCCCCC(=O)OC[C@H](COP(=O)(O)O)OC(=O)CCC/C=C\C[C@H]1[C@@H](O)CC(O)O[C@@H]1/C=C/[C@@H](O)CCCCC. The summed E-state index contributed by atoms with van der Waals surface area (Å²) >= 11 is 0. The first-order valence-corrected chi connectivity index (χ1v) is 20.1. The fourth-order valence-electron chi connectivity index (χ4n) is 5.65. The van der Waals surface area contributed by atoms with Crippen molar-refractivity contribution in [1.82, 2.24) is 0 Å². The monoisotopic (exact) mass is 720 g/mol. The molecule has 286 valence electrons. The number of carbonyl (C=O) groups is 2. The molecule has 1 unspecified atom stereocenters. The number of ether oxygens (including phenoxy) is 3. The third-order valence-corrected chi connectivity index (χ3v) is 9.00. The van der Waals surface area contributed by atoms with Gasteiger partial charge in [0.1, 0.15) is 6.61 Å². The fraction of sp³-hybridized carbons (Fsp3) is 0.833. The fourth-order valence-corrected chi connectivity index (χ4v) is 6.01. The predicted molar refractivity (Wildman–Crippen MR) is 187 cm³/mol. The molecule has 0 aliphatic carbocycles. The van der Waals surface area contributed by atoms with Crippen molar-refractivity contribution >= 4 is 19.8 Å². The van der Waals surface area contributed by atoms with Crippen molar-refractivity contribution in [2.24, 2.45) is 5.92 Å². The second-order valence-electron chi connectivity index (χ2n) is 13.1. The zero-order valence-electron chi connectivity index (χ0n) is 29.9. The Hall–Kier alpha value is -1.63. The normalized spacial score (nSPS) is 21.3. The third-order valence-electron chi connectivity index (χ3n) is 8.52. The summed E-state index contributed by atoms with van der Waals surface area (Å²) in [6.45, 7) is 3.31. The molecule has 0 radical (unpaired) electrons. The molecule has 1 fully saturated rings. The van der Waals surface area contributed by atoms with Crippen LogP contribution in [-0.2, 0) is 32.9 Å². The van der Waals surface area contributed by atoms with E-state index in [9.17, 15) is 29.5 Å². The van der Waals surface area contributed by atoms with Crippen LogP contribution in [0.1, 0.15) is 142 Å². The van der Waals surface area contributed by atoms with Crippen molar-refractivity contribution in [1.29, 1.82) is 0 Å². The van der Waals surface area contributed by atoms with Gasteiger partial charge in [-0.3, -0.25) is 14.1 Å². The van der Waals surface area contributed by atoms with E-state index in [2.05, 4.69) is 18.4 Å². The summed E-state index contributed by atoms with van der Waals surface area (Å²) in [4.78, 5) is 42.8. The first-order valence-electron chi connectivity index (χ1n) is 18.5. The molecule has 1 aliphatic heterocycles. The summed E-state index contributed by atoms with van der Waals surface area (Å²) in [5.74, 6) is -1.40. The molecule has 0 amide bonds. The second-order valence-corrected chi connectivity index (χ2v) is 14.3. The van der Waals surface area contributed by atoms with Gasteiger partial charge >= 0.3 is 19.8 Å². The Morgan fingerprint density at radius 2 is 1.45 bits per heavy atom. The molecule has 13 heteroatoms. The van der Waals surface area contributed by atoms with Crippen molar-refractivity contribution in [2.45, 2.75) is 173 Å². The highest BCUT2D eigenvalue weighted by Crippen LogP contribution is 2.36. The van der Waals surface area contributed by atoms with Gasteiger partial charge in [-0.1, -0.05) is 115 Å². The molecule has 1 aliphatic rings. The zero-order chi connectivity index (χ0) is 36.3. The number of carbonyl (C=O) groups excluding carboxylic acids is 2. The van der Waals surface area contributed by atoms with E-state index in [1.54, 1.807) is 12.2 Å². The van der Waals surface area contributed by atoms with E-state index in [0.717, 1.165) is 38.5 Å². The molecule has 1 saturated heterocycles. The lowest BCUT2D eigenvalue weighted by Gasteiger charge is -2.36. The number of phosphoric acid groups is 1. The number of hydrogen-bond donors (Lipinski definition) is 5. The average Bonchev–Trinajstić information content (AvgIpc) is 3.04. The van der Waals surface area contributed by atoms with Crippen molar-refractivity contribution < 1.29 is 58.0 Å². The lowest BCUT2D eigenvalue weighted by atomic mass is 9.87. The summed E-state index contributed by atoms with van der Waals surface area (Å²) in [6.07, 6.45) is 19.6. The summed E-state index contributed by atoms with van der Waals surface area (Å²) in [5.41, 5.74) is 0. The van der Waals surface area contributed by atoms with E-state index in [4.69, 9.17) is 24.0 Å². The molecule has 1 heterocycles. The molecule has 0 spiro atoms. The molecule has 0 bridgehead atoms. The van der Waals surface area contributed by atoms with Crippen molar-refractivity contribution in [3.8, 4) is 0 Å². The van der Waals surface area contributed by atoms with Crippen molar-refractivity contribution in [3.63, 3.8) is 0 Å². The lowest BCUT2D eigenvalue weighted by Crippen LogP contribution is -2.43. The van der Waals surface area contributed by atoms with Crippen LogP contribution in [0, 0.1) is 5.92 Å². The van der Waals surface area contributed by atoms with E-state index < -0.39 is 57.1 Å². The maximum Gasteiger partial charge on any atom is 0.469 e. The van der Waals surface area contributed by atoms with Crippen molar-refractivity contribution in [2.75, 3.05) is 13.2 Å². The van der Waals surface area contributed by atoms with Gasteiger partial charge in [-0.25, -0.2) is 4.57 Å². The van der Waals surface area contributed by atoms with Gasteiger partial charge in [0, 0.05) is 25.2 Å². The number of aliphatic hydroxyl groups excluding tert-OH is 3. The van der Waals surface area contributed by atoms with Crippen LogP contribution >= 0.6 is 7.82 Å². The van der Waals surface area contributed by atoms with Gasteiger partial charge in [0.25, 0.3) is 0 Å². The Kier molecular flexibility index (Phi) is 26.0. The standard InChI is InChI=1S/C36H65O12P/c1-3-5-7-8-9-10-11-12-13-18-22-34(39)45-27-30(28-46-49(42,43)44)47-35(40)23-19-15-14-17-21-31-32(38)26-36(41)48-33(31)25-24-29(37)20-16-6-4-2/h14,17,24-25,29-33,36-38,41H,3-13,15-16,18-23,26-28H2,1-2H3,(H2,42,43,44)/b17-14-,25-24+/t29-,30+,31-,32-,33+,36?/m0/s1. The van der Waals surface area contributed by atoms with E-state index in [1.807, 2.05) is 12.2 Å². The van der Waals surface area contributed by atoms with Crippen LogP contribution < -0.4 is 0 Å². The summed E-state index contributed by atoms with van der Waals surface area (Å²) in [7, 11) is -4.82. The molecule has 6 atom stereocenters. The molecule has 0 aromatic carbocycles. The summed E-state index contributed by atoms with van der Waals surface area (Å²) < 4.78 is 31.9. The van der Waals surface area contributed by atoms with E-state index >= 15 is 0 Å². The first kappa shape index (κ1) is 45.4. The highest BCUT2D eigenvalue weighted by molar-refractivity contribution is 7.46. The van der Waals surface area contributed by atoms with Crippen LogP contribution in [0.15, 0.2) is 24.3 Å². The van der Waals surface area contributed by atoms with Gasteiger partial charge in [0.05, 0.1) is 24.9 Å². The van der Waals surface area contributed by atoms with Gasteiger partial charge in [-0.2, -0.15) is 0 Å². The van der Waals surface area contributed by atoms with Crippen molar-refractivity contribution in [3.05, 3.63) is 24.3 Å². The molecular formula is C36H65O12P. The minimum absolute atomic E-state index is 0.0198. The van der Waals surface area contributed by atoms with Gasteiger partial charge in [-0.05, 0) is 32.1 Å². The highest BCUT2D eigenvalue weighted by atomic mass is 31.2. The minimum Gasteiger partial charge on any atom is -0.462 e. The van der Waals surface area contributed by atoms with Crippen LogP contribution in [0.3, 0.4) is 0 Å². The van der Waals surface area contributed by atoms with Crippen LogP contribution in [-0.4, -0.2) is 81.0 Å². The van der Waals surface area contributed by atoms with Gasteiger partial charge < -0.3 is 39.3 Å². The molecule has 5 N–H and O–H groups in total. The summed E-state index contributed by atoms with van der Waals surface area (Å²) in [5, 5.41) is 30.8. The van der Waals surface area contributed by atoms with E-state index in [-0.39, 0.29) is 31.8 Å². The Morgan fingerprint density at radius 1 is 0.837 bits per heavy atom. The van der Waals surface area contributed by atoms with Gasteiger partial charge in [0.15, 0.2) is 12.4 Å². The number of hydrogen-bond acceptors (Lipinski definition) is 10. The zero-order valence-corrected chi connectivity index (χ0v) is 30.8. The largest absolute Gasteiger partial charge is 0.469 e. The number of unbranched alkanes of at least 4 members (excludes halogenated alkanes) is 12. The number of aliphatic hydroxyl groups is 3. The van der Waals surface area contributed by atoms with E-state index in [0.29, 0.717) is 32.1 Å². The Labute approximate surface area is 293 Å². The predicted octanol–water partition coefficient (Wildman–Crippen LogP) is 6.56. The number of esters is 2. The molecule has 0 aromatic rings. The second kappa shape index (κ2) is 28.0. The Balaban J connectivity index is 2.43. The smallest absolute Gasteiger partial charge is 0.462 e. The number of rotatable bonds is 29. The molecular weight excluding hydrogens is 655 g/mol. The molecule has 0 saturated carbocycles. The molecule has 49 heavy (non-hydrogen) atoms. The molecule has 0 aromatic heterocycles. The highest BCUT2D eigenvalue weighted by Gasteiger charge is 2.35. The third kappa shape index (κ3) is 25.0. The quantitative estimate of drug-likeness (QED) is 0.0243. The topological polar surface area (TPSA) is 189 Å². The molecule has 1 rings (SSSR count). The van der Waals surface area contributed by atoms with Gasteiger partial charge in [-0.15, -0.1) is 0 Å². The average molecular weight is 721 g/mol. The summed E-state index contributed by atoms with van der Waals surface area (Å²) in [6, 6.07) is 0. The Bertz CT molecular complexity index is 968. The lowest BCUT2D eigenvalue weighted by molar-refractivity contribution is -0.199. The van der Waals surface area contributed by atoms with Crippen LogP contribution in [0.25, 0.3) is 0 Å². The minimum atomic E-state index is -4.82. The number of phosphoric ester groups is 1. The van der Waals surface area contributed by atoms with Crippen LogP contribution in [0.5, 0.6) is 0 Å². The van der Waals surface area contributed by atoms with Crippen LogP contribution in [0.4, 0.5) is 0 Å². The first-order chi connectivity index (χ1) is 23.4. The molecule has 12 nitrogen and oxygen atoms in total. The Morgan fingerprint density at radius 3 is 2.10 bits per heavy atom. The van der Waals surface area contributed by atoms with Gasteiger partial charge in [0.2, 0.25) is 0 Å². The maximum atomic E-state index is 12.5. The number of allylic oxidation sites excluding steroid dienone is 2. The van der Waals surface area contributed by atoms with Crippen LogP contribution in [0.2, 0.25) is 0 Å².